The van der Waals surface area contributed by atoms with Crippen LogP contribution in [0.3, 0.4) is 0 Å². The maximum absolute atomic E-state index is 5.49. The molecule has 1 saturated heterocycles. The molecule has 0 bridgehead atoms. The monoisotopic (exact) mass is 273 g/mol. The van der Waals surface area contributed by atoms with E-state index in [0.717, 1.165) is 31.7 Å². The van der Waals surface area contributed by atoms with Gasteiger partial charge < -0.3 is 14.7 Å². The fourth-order valence-corrected chi connectivity index (χ4v) is 2.32. The van der Waals surface area contributed by atoms with Crippen LogP contribution in [0, 0.1) is 0 Å². The Labute approximate surface area is 118 Å². The van der Waals surface area contributed by atoms with E-state index in [9.17, 15) is 0 Å². The number of anilines is 1. The van der Waals surface area contributed by atoms with E-state index in [0.29, 0.717) is 11.8 Å². The molecule has 0 spiro atoms. The molecule has 0 amide bonds. The average Bonchev–Trinajstić information content (AvgIpc) is 3.00. The molecule has 0 unspecified atom stereocenters. The van der Waals surface area contributed by atoms with Gasteiger partial charge in [-0.2, -0.15) is 4.98 Å². The van der Waals surface area contributed by atoms with Crippen LogP contribution < -0.4 is 10.2 Å². The van der Waals surface area contributed by atoms with E-state index < -0.39 is 0 Å². The van der Waals surface area contributed by atoms with Crippen LogP contribution in [0.1, 0.15) is 25.3 Å². The van der Waals surface area contributed by atoms with Gasteiger partial charge in [-0.05, 0) is 30.6 Å². The second kappa shape index (κ2) is 5.20. The van der Waals surface area contributed by atoms with Crippen molar-refractivity contribution in [2.75, 3.05) is 31.1 Å². The van der Waals surface area contributed by atoms with E-state index in [-0.39, 0.29) is 5.41 Å². The Balaban J connectivity index is 1.85. The van der Waals surface area contributed by atoms with Crippen LogP contribution in [0.2, 0.25) is 0 Å². The molecule has 1 N–H and O–H groups in total. The third kappa shape index (κ3) is 2.38. The van der Waals surface area contributed by atoms with E-state index in [1.54, 1.807) is 6.20 Å². The lowest BCUT2D eigenvalue weighted by molar-refractivity contribution is 0.331. The highest BCUT2D eigenvalue weighted by molar-refractivity contribution is 5.33. The van der Waals surface area contributed by atoms with Crippen molar-refractivity contribution in [1.82, 2.24) is 20.4 Å². The van der Waals surface area contributed by atoms with Crippen LogP contribution in [0.25, 0.3) is 0 Å². The highest BCUT2D eigenvalue weighted by Crippen LogP contribution is 2.30. The maximum atomic E-state index is 5.49. The van der Waals surface area contributed by atoms with Crippen molar-refractivity contribution in [3.63, 3.8) is 0 Å². The Bertz CT molecular complexity index is 560. The topological polar surface area (TPSA) is 67.1 Å². The fourth-order valence-electron chi connectivity index (χ4n) is 2.32. The minimum atomic E-state index is -0.340. The predicted octanol–water partition coefficient (Wildman–Crippen LogP) is 1.20. The van der Waals surface area contributed by atoms with Crippen molar-refractivity contribution in [2.24, 2.45) is 0 Å². The van der Waals surface area contributed by atoms with Crippen molar-refractivity contribution >= 4 is 5.95 Å². The van der Waals surface area contributed by atoms with Gasteiger partial charge in [0.15, 0.2) is 0 Å². The third-order valence-electron chi connectivity index (χ3n) is 3.73. The van der Waals surface area contributed by atoms with Gasteiger partial charge in [0.25, 0.3) is 5.95 Å². The molecule has 1 aliphatic rings. The Hall–Kier alpha value is -1.95. The molecule has 0 aliphatic carbocycles. The lowest BCUT2D eigenvalue weighted by Gasteiger charge is -2.25. The van der Waals surface area contributed by atoms with Crippen molar-refractivity contribution in [1.29, 1.82) is 0 Å². The Kier molecular flexibility index (Phi) is 3.40. The summed E-state index contributed by atoms with van der Waals surface area (Å²) in [6.07, 6.45) is 3.61. The molecule has 106 valence electrons. The van der Waals surface area contributed by atoms with Gasteiger partial charge in [-0.1, -0.05) is 6.07 Å². The zero-order chi connectivity index (χ0) is 14.0. The lowest BCUT2D eigenvalue weighted by Crippen LogP contribution is -2.44. The highest BCUT2D eigenvalue weighted by Gasteiger charge is 2.31. The van der Waals surface area contributed by atoms with Crippen molar-refractivity contribution in [2.45, 2.75) is 19.3 Å². The quantitative estimate of drug-likeness (QED) is 0.906. The van der Waals surface area contributed by atoms with Gasteiger partial charge in [0.05, 0.1) is 5.41 Å². The smallest absolute Gasteiger partial charge is 0.266 e. The number of rotatable bonds is 3. The molecular weight excluding hydrogens is 254 g/mol. The van der Waals surface area contributed by atoms with Crippen LogP contribution >= 0.6 is 0 Å². The number of piperazine rings is 1. The summed E-state index contributed by atoms with van der Waals surface area (Å²) in [4.78, 5) is 10.9. The second-order valence-electron chi connectivity index (χ2n) is 5.50. The third-order valence-corrected chi connectivity index (χ3v) is 3.73. The average molecular weight is 273 g/mol. The van der Waals surface area contributed by atoms with E-state index in [1.165, 1.54) is 0 Å². The zero-order valence-electron chi connectivity index (χ0n) is 11.8. The first-order valence-electron chi connectivity index (χ1n) is 6.88. The van der Waals surface area contributed by atoms with Crippen molar-refractivity contribution < 1.29 is 4.52 Å². The largest absolute Gasteiger partial charge is 0.336 e. The molecule has 1 fully saturated rings. The summed E-state index contributed by atoms with van der Waals surface area (Å²) < 4.78 is 5.49. The molecule has 0 aromatic carbocycles. The minimum absolute atomic E-state index is 0.340. The van der Waals surface area contributed by atoms with Crippen molar-refractivity contribution in [3.05, 3.63) is 36.0 Å². The fraction of sp³-hybridized carbons (Fsp3) is 0.500. The summed E-state index contributed by atoms with van der Waals surface area (Å²) in [5.41, 5.74) is 0.726. The van der Waals surface area contributed by atoms with E-state index in [1.807, 2.05) is 18.3 Å². The minimum Gasteiger partial charge on any atom is -0.336 e. The Morgan fingerprint density at radius 3 is 2.80 bits per heavy atom. The number of nitrogens with zero attached hydrogens (tertiary/aromatic N) is 4. The van der Waals surface area contributed by atoms with E-state index in [2.05, 4.69) is 39.2 Å². The van der Waals surface area contributed by atoms with Crippen LogP contribution in [0.15, 0.2) is 29.0 Å². The number of pyridine rings is 1. The predicted molar refractivity (Wildman–Crippen MR) is 75.7 cm³/mol. The molecule has 0 radical (unpaired) electrons. The summed E-state index contributed by atoms with van der Waals surface area (Å²) in [5, 5.41) is 7.43. The first kappa shape index (κ1) is 13.1. The van der Waals surface area contributed by atoms with Gasteiger partial charge in [0, 0.05) is 38.6 Å². The molecule has 2 aromatic rings. The Morgan fingerprint density at radius 2 is 2.10 bits per heavy atom. The molecule has 1 aliphatic heterocycles. The molecule has 6 nitrogen and oxygen atoms in total. The highest BCUT2D eigenvalue weighted by atomic mass is 16.5. The van der Waals surface area contributed by atoms with Crippen LogP contribution in [-0.2, 0) is 5.41 Å². The summed E-state index contributed by atoms with van der Waals surface area (Å²) in [5.74, 6) is 1.30. The number of hydrogen-bond donors (Lipinski definition) is 1. The first-order valence-corrected chi connectivity index (χ1v) is 6.88. The lowest BCUT2D eigenvalue weighted by atomic mass is 9.86. The Morgan fingerprint density at radius 1 is 1.30 bits per heavy atom. The van der Waals surface area contributed by atoms with E-state index >= 15 is 0 Å². The molecule has 6 heteroatoms. The molecule has 2 aromatic heterocycles. The molecular formula is C14H19N5O. The summed E-state index contributed by atoms with van der Waals surface area (Å²) >= 11 is 0. The molecule has 3 heterocycles. The number of aromatic nitrogens is 3. The van der Waals surface area contributed by atoms with Crippen LogP contribution in [0.5, 0.6) is 0 Å². The van der Waals surface area contributed by atoms with Gasteiger partial charge in [-0.25, -0.2) is 0 Å². The summed E-state index contributed by atoms with van der Waals surface area (Å²) in [7, 11) is 0. The molecule has 3 rings (SSSR count). The normalized spacial score (nSPS) is 16.4. The zero-order valence-corrected chi connectivity index (χ0v) is 11.8. The molecule has 20 heavy (non-hydrogen) atoms. The number of nitrogens with one attached hydrogen (secondary N) is 1. The first-order chi connectivity index (χ1) is 9.68. The second-order valence-corrected chi connectivity index (χ2v) is 5.50. The standard InChI is InChI=1S/C14H19N5O/c1-14(2,11-4-3-5-16-10-11)12-17-13(18-20-12)19-8-6-15-7-9-19/h3-5,10,15H,6-9H2,1-2H3. The number of hydrogen-bond acceptors (Lipinski definition) is 6. The van der Waals surface area contributed by atoms with Gasteiger partial charge in [-0.15, -0.1) is 0 Å². The van der Waals surface area contributed by atoms with Gasteiger partial charge in [-0.3, -0.25) is 4.98 Å². The summed E-state index contributed by atoms with van der Waals surface area (Å²) in [6, 6.07) is 3.95. The van der Waals surface area contributed by atoms with Gasteiger partial charge in [0.1, 0.15) is 0 Å². The van der Waals surface area contributed by atoms with Gasteiger partial charge >= 0.3 is 0 Å². The summed E-state index contributed by atoms with van der Waals surface area (Å²) in [6.45, 7) is 7.86. The van der Waals surface area contributed by atoms with Gasteiger partial charge in [0.2, 0.25) is 5.89 Å². The molecule has 0 atom stereocenters. The van der Waals surface area contributed by atoms with Crippen LogP contribution in [-0.4, -0.2) is 41.3 Å². The SMILES string of the molecule is CC(C)(c1cccnc1)c1nc(N2CCNCC2)no1. The van der Waals surface area contributed by atoms with Crippen molar-refractivity contribution in [3.8, 4) is 0 Å². The molecule has 0 saturated carbocycles. The van der Waals surface area contributed by atoms with E-state index in [4.69, 9.17) is 4.52 Å². The maximum Gasteiger partial charge on any atom is 0.266 e. The van der Waals surface area contributed by atoms with Crippen LogP contribution in [0.4, 0.5) is 5.95 Å².